The fraction of sp³-hybridized carbons (Fsp3) is 0.111. The van der Waals surface area contributed by atoms with Crippen LogP contribution in [-0.2, 0) is 0 Å². The molecule has 0 amide bonds. The minimum atomic E-state index is 0.733. The van der Waals surface area contributed by atoms with E-state index in [0.717, 1.165) is 47.4 Å². The Balaban J connectivity index is 1.72. The molecular formula is C18H17N5. The third-order valence-corrected chi connectivity index (χ3v) is 3.82. The van der Waals surface area contributed by atoms with Crippen LogP contribution in [0.2, 0.25) is 0 Å². The van der Waals surface area contributed by atoms with E-state index in [1.807, 2.05) is 60.8 Å². The van der Waals surface area contributed by atoms with Crippen molar-refractivity contribution in [2.75, 3.05) is 24.1 Å². The van der Waals surface area contributed by atoms with Gasteiger partial charge in [0, 0.05) is 29.7 Å². The van der Waals surface area contributed by atoms with Crippen LogP contribution in [-0.4, -0.2) is 29.7 Å². The van der Waals surface area contributed by atoms with Crippen molar-refractivity contribution in [3.05, 3.63) is 66.4 Å². The zero-order chi connectivity index (χ0) is 15.6. The molecule has 3 N–H and O–H groups in total. The Bertz CT molecular complexity index is 820. The van der Waals surface area contributed by atoms with E-state index in [-0.39, 0.29) is 0 Å². The van der Waals surface area contributed by atoms with E-state index >= 15 is 0 Å². The zero-order valence-corrected chi connectivity index (χ0v) is 12.6. The number of aliphatic imine (C=N–C) groups is 2. The van der Waals surface area contributed by atoms with Crippen molar-refractivity contribution in [1.29, 1.82) is 0 Å². The molecule has 0 aromatic heterocycles. The molecular weight excluding hydrogens is 286 g/mol. The quantitative estimate of drug-likeness (QED) is 0.838. The molecule has 23 heavy (non-hydrogen) atoms. The highest BCUT2D eigenvalue weighted by molar-refractivity contribution is 6.46. The lowest BCUT2D eigenvalue weighted by Gasteiger charge is -2.24. The van der Waals surface area contributed by atoms with Gasteiger partial charge in [0.15, 0.2) is 11.7 Å². The number of hydrogen-bond acceptors (Lipinski definition) is 5. The second-order valence-electron chi connectivity index (χ2n) is 5.49. The number of nitrogens with two attached hydrogens (primary N) is 1. The van der Waals surface area contributed by atoms with E-state index in [9.17, 15) is 0 Å². The molecule has 0 fully saturated rings. The van der Waals surface area contributed by atoms with Gasteiger partial charge < -0.3 is 16.0 Å². The van der Waals surface area contributed by atoms with Crippen LogP contribution in [0.15, 0.2) is 70.8 Å². The van der Waals surface area contributed by atoms with Crippen molar-refractivity contribution in [3.63, 3.8) is 0 Å². The molecule has 0 radical (unpaired) electrons. The Kier molecular flexibility index (Phi) is 3.31. The SMILES string of the molecule is Nc1cccc(C2=CN3CCN=C3C(Nc3ccccc3)=N2)c1. The predicted octanol–water partition coefficient (Wildman–Crippen LogP) is 2.81. The minimum absolute atomic E-state index is 0.733. The number of benzene rings is 2. The Labute approximate surface area is 134 Å². The number of para-hydroxylation sites is 1. The van der Waals surface area contributed by atoms with E-state index in [1.54, 1.807) is 0 Å². The number of nitrogens with one attached hydrogen (secondary N) is 1. The van der Waals surface area contributed by atoms with Crippen LogP contribution >= 0.6 is 0 Å². The number of fused-ring (bicyclic) bond motifs is 1. The molecule has 5 heteroatoms. The van der Waals surface area contributed by atoms with Gasteiger partial charge in [0.25, 0.3) is 0 Å². The summed E-state index contributed by atoms with van der Waals surface area (Å²) in [4.78, 5) is 11.5. The molecule has 2 aromatic carbocycles. The largest absolute Gasteiger partial charge is 0.399 e. The van der Waals surface area contributed by atoms with Crippen LogP contribution in [0.5, 0.6) is 0 Å². The van der Waals surface area contributed by atoms with Gasteiger partial charge in [0.1, 0.15) is 0 Å². The fourth-order valence-electron chi connectivity index (χ4n) is 2.72. The topological polar surface area (TPSA) is 66.0 Å². The molecule has 0 bridgehead atoms. The molecule has 2 heterocycles. The molecule has 0 saturated heterocycles. The summed E-state index contributed by atoms with van der Waals surface area (Å²) in [5.41, 5.74) is 9.52. The van der Waals surface area contributed by atoms with Crippen molar-refractivity contribution in [2.45, 2.75) is 0 Å². The van der Waals surface area contributed by atoms with Crippen molar-refractivity contribution in [3.8, 4) is 0 Å². The van der Waals surface area contributed by atoms with E-state index in [1.165, 1.54) is 0 Å². The maximum Gasteiger partial charge on any atom is 0.174 e. The van der Waals surface area contributed by atoms with Crippen LogP contribution in [0.25, 0.3) is 5.70 Å². The molecule has 4 rings (SSSR count). The highest BCUT2D eigenvalue weighted by Crippen LogP contribution is 2.25. The van der Waals surface area contributed by atoms with E-state index in [0.29, 0.717) is 0 Å². The molecule has 0 spiro atoms. The number of rotatable bonds is 2. The van der Waals surface area contributed by atoms with Gasteiger partial charge in [-0.25, -0.2) is 4.99 Å². The Morgan fingerprint density at radius 2 is 1.91 bits per heavy atom. The second-order valence-corrected chi connectivity index (χ2v) is 5.49. The standard InChI is InChI=1S/C18H17N5/c19-14-6-4-5-13(11-14)16-12-23-10-9-20-18(23)17(22-16)21-15-7-2-1-3-8-15/h1-8,11-12H,9-10,19H2,(H,21,22). The molecule has 0 aliphatic carbocycles. The monoisotopic (exact) mass is 303 g/mol. The van der Waals surface area contributed by atoms with Crippen LogP contribution in [0, 0.1) is 0 Å². The van der Waals surface area contributed by atoms with Crippen molar-refractivity contribution in [2.24, 2.45) is 9.98 Å². The first kappa shape index (κ1) is 13.6. The first-order chi connectivity index (χ1) is 11.3. The smallest absolute Gasteiger partial charge is 0.174 e. The second kappa shape index (κ2) is 5.61. The fourth-order valence-corrected chi connectivity index (χ4v) is 2.72. The highest BCUT2D eigenvalue weighted by Gasteiger charge is 2.25. The Morgan fingerprint density at radius 3 is 2.74 bits per heavy atom. The van der Waals surface area contributed by atoms with Crippen molar-refractivity contribution >= 4 is 28.7 Å². The number of anilines is 2. The number of hydrogen-bond donors (Lipinski definition) is 2. The molecule has 2 aliphatic heterocycles. The summed E-state index contributed by atoms with van der Waals surface area (Å²) in [6, 6.07) is 17.8. The minimum Gasteiger partial charge on any atom is -0.399 e. The number of amidine groups is 2. The molecule has 0 unspecified atom stereocenters. The van der Waals surface area contributed by atoms with E-state index < -0.39 is 0 Å². The van der Waals surface area contributed by atoms with Crippen LogP contribution in [0.3, 0.4) is 0 Å². The van der Waals surface area contributed by atoms with E-state index in [2.05, 4.69) is 15.2 Å². The average Bonchev–Trinajstić information content (AvgIpc) is 3.05. The predicted molar refractivity (Wildman–Crippen MR) is 95.3 cm³/mol. The van der Waals surface area contributed by atoms with Crippen molar-refractivity contribution < 1.29 is 0 Å². The number of nitrogens with zero attached hydrogens (tertiary/aromatic N) is 3. The van der Waals surface area contributed by atoms with Gasteiger partial charge in [-0.2, -0.15) is 0 Å². The van der Waals surface area contributed by atoms with Crippen LogP contribution in [0.1, 0.15) is 5.56 Å². The average molecular weight is 303 g/mol. The summed E-state index contributed by atoms with van der Waals surface area (Å²) in [6.45, 7) is 1.65. The third-order valence-electron chi connectivity index (χ3n) is 3.82. The molecule has 2 aromatic rings. The molecule has 0 atom stereocenters. The van der Waals surface area contributed by atoms with Crippen molar-refractivity contribution in [1.82, 2.24) is 4.90 Å². The normalized spacial score (nSPS) is 16.3. The van der Waals surface area contributed by atoms with E-state index in [4.69, 9.17) is 10.7 Å². The van der Waals surface area contributed by atoms with Gasteiger partial charge in [0.05, 0.1) is 12.2 Å². The summed E-state index contributed by atoms with van der Waals surface area (Å²) in [6.07, 6.45) is 2.04. The molecule has 114 valence electrons. The number of nitrogen functional groups attached to an aromatic ring is 1. The van der Waals surface area contributed by atoms with Gasteiger partial charge in [0.2, 0.25) is 0 Å². The van der Waals surface area contributed by atoms with Gasteiger partial charge in [-0.3, -0.25) is 4.99 Å². The zero-order valence-electron chi connectivity index (χ0n) is 12.6. The third kappa shape index (κ3) is 2.68. The first-order valence-electron chi connectivity index (χ1n) is 7.59. The molecule has 0 saturated carbocycles. The van der Waals surface area contributed by atoms with Crippen LogP contribution < -0.4 is 11.1 Å². The van der Waals surface area contributed by atoms with Gasteiger partial charge in [-0.05, 0) is 24.3 Å². The summed E-state index contributed by atoms with van der Waals surface area (Å²) >= 11 is 0. The Morgan fingerprint density at radius 1 is 1.04 bits per heavy atom. The summed E-state index contributed by atoms with van der Waals surface area (Å²) in [5, 5.41) is 3.37. The maximum absolute atomic E-state index is 5.90. The summed E-state index contributed by atoms with van der Waals surface area (Å²) in [7, 11) is 0. The molecule has 5 nitrogen and oxygen atoms in total. The van der Waals surface area contributed by atoms with Gasteiger partial charge >= 0.3 is 0 Å². The summed E-state index contributed by atoms with van der Waals surface area (Å²) in [5.74, 6) is 1.66. The van der Waals surface area contributed by atoms with Gasteiger partial charge in [-0.1, -0.05) is 30.3 Å². The maximum atomic E-state index is 5.90. The van der Waals surface area contributed by atoms with Crippen LogP contribution in [0.4, 0.5) is 11.4 Å². The molecule has 2 aliphatic rings. The highest BCUT2D eigenvalue weighted by atomic mass is 15.3. The van der Waals surface area contributed by atoms with Gasteiger partial charge in [-0.15, -0.1) is 0 Å². The lowest BCUT2D eigenvalue weighted by Crippen LogP contribution is -2.36. The lowest BCUT2D eigenvalue weighted by atomic mass is 10.1. The Hall–Kier alpha value is -3.08. The lowest BCUT2D eigenvalue weighted by molar-refractivity contribution is 0.614. The summed E-state index contributed by atoms with van der Waals surface area (Å²) < 4.78 is 0. The first-order valence-corrected chi connectivity index (χ1v) is 7.59.